The monoisotopic (exact) mass is 372 g/mol. The zero-order chi connectivity index (χ0) is 18.7. The van der Waals surface area contributed by atoms with Crippen LogP contribution in [0.1, 0.15) is 57.1 Å². The third kappa shape index (κ3) is 9.90. The standard InChI is InChI=1S/C10H15N3O.C6H13NO3S/c1-2-9(14-13-10(11)12)8-6-4-3-5-7-8;7-11(8,9)10-6-4-2-1-3-5-6/h3-7,9H,2H2,1H3,(H4,11,12,13);6H,1-5H2,(H2,7,8,9). The second-order valence-electron chi connectivity index (χ2n) is 5.78. The molecule has 0 saturated heterocycles. The van der Waals surface area contributed by atoms with Crippen LogP contribution >= 0.6 is 0 Å². The van der Waals surface area contributed by atoms with Gasteiger partial charge in [-0.05, 0) is 30.0 Å². The first-order valence-electron chi connectivity index (χ1n) is 8.32. The van der Waals surface area contributed by atoms with Gasteiger partial charge < -0.3 is 16.3 Å². The molecule has 142 valence electrons. The molecule has 1 aromatic carbocycles. The molecular formula is C16H28N4O4S. The zero-order valence-corrected chi connectivity index (χ0v) is 15.3. The Balaban J connectivity index is 0.000000257. The van der Waals surface area contributed by atoms with Gasteiger partial charge in [0, 0.05) is 0 Å². The molecule has 1 fully saturated rings. The summed E-state index contributed by atoms with van der Waals surface area (Å²) in [6.45, 7) is 2.01. The van der Waals surface area contributed by atoms with E-state index in [1.54, 1.807) is 0 Å². The summed E-state index contributed by atoms with van der Waals surface area (Å²) in [7, 11) is -3.72. The molecule has 2 rings (SSSR count). The molecule has 0 aromatic heterocycles. The molecule has 1 aliphatic rings. The molecule has 9 heteroatoms. The molecule has 25 heavy (non-hydrogen) atoms. The number of benzene rings is 1. The SMILES string of the molecule is CCC(ON=C(N)N)c1ccccc1.NS(=O)(=O)OC1CCCCC1. The molecule has 1 aliphatic carbocycles. The van der Waals surface area contributed by atoms with Crippen molar-refractivity contribution in [2.45, 2.75) is 57.7 Å². The number of rotatable bonds is 6. The molecule has 8 nitrogen and oxygen atoms in total. The van der Waals surface area contributed by atoms with Crippen molar-refractivity contribution in [2.75, 3.05) is 0 Å². The smallest absolute Gasteiger partial charge is 0.333 e. The van der Waals surface area contributed by atoms with Crippen LogP contribution in [0.2, 0.25) is 0 Å². The molecule has 6 N–H and O–H groups in total. The highest BCUT2D eigenvalue weighted by Crippen LogP contribution is 2.21. The van der Waals surface area contributed by atoms with Crippen LogP contribution in [-0.4, -0.2) is 20.5 Å². The summed E-state index contributed by atoms with van der Waals surface area (Å²) in [5.74, 6) is -0.0561. The Labute approximate surface area is 149 Å². The number of nitrogens with two attached hydrogens (primary N) is 3. The molecule has 0 bridgehead atoms. The fourth-order valence-electron chi connectivity index (χ4n) is 2.51. The molecule has 1 atom stereocenters. The average Bonchev–Trinajstić information content (AvgIpc) is 2.56. The van der Waals surface area contributed by atoms with Gasteiger partial charge in [0.1, 0.15) is 0 Å². The highest BCUT2D eigenvalue weighted by Gasteiger charge is 2.18. The lowest BCUT2D eigenvalue weighted by Crippen LogP contribution is -2.25. The average molecular weight is 372 g/mol. The maximum atomic E-state index is 10.5. The van der Waals surface area contributed by atoms with E-state index in [9.17, 15) is 8.42 Å². The minimum absolute atomic E-state index is 0.0561. The van der Waals surface area contributed by atoms with Gasteiger partial charge >= 0.3 is 10.3 Å². The maximum Gasteiger partial charge on any atom is 0.333 e. The van der Waals surface area contributed by atoms with E-state index in [0.717, 1.165) is 37.7 Å². The minimum Gasteiger partial charge on any atom is -0.385 e. The van der Waals surface area contributed by atoms with E-state index in [2.05, 4.69) is 9.34 Å². The fraction of sp³-hybridized carbons (Fsp3) is 0.562. The number of hydrogen-bond donors (Lipinski definition) is 3. The third-order valence-corrected chi connectivity index (χ3v) is 4.19. The van der Waals surface area contributed by atoms with Crippen LogP contribution < -0.4 is 16.6 Å². The Bertz CT molecular complexity index is 612. The molecule has 0 spiro atoms. The Morgan fingerprint density at radius 1 is 1.20 bits per heavy atom. The van der Waals surface area contributed by atoms with Gasteiger partial charge in [-0.15, -0.1) is 0 Å². The predicted molar refractivity (Wildman–Crippen MR) is 97.4 cm³/mol. The summed E-state index contributed by atoms with van der Waals surface area (Å²) in [6.07, 6.45) is 5.45. The largest absolute Gasteiger partial charge is 0.385 e. The number of hydrogen-bond acceptors (Lipinski definition) is 5. The first-order valence-corrected chi connectivity index (χ1v) is 9.79. The highest BCUT2D eigenvalue weighted by molar-refractivity contribution is 7.84. The van der Waals surface area contributed by atoms with Gasteiger partial charge in [0.2, 0.25) is 5.96 Å². The fourth-order valence-corrected chi connectivity index (χ4v) is 3.09. The van der Waals surface area contributed by atoms with Crippen molar-refractivity contribution in [1.29, 1.82) is 0 Å². The number of nitrogens with zero attached hydrogens (tertiary/aromatic N) is 1. The second-order valence-corrected chi connectivity index (χ2v) is 6.96. The second kappa shape index (κ2) is 10.9. The molecule has 0 radical (unpaired) electrons. The van der Waals surface area contributed by atoms with E-state index in [0.29, 0.717) is 0 Å². The zero-order valence-electron chi connectivity index (χ0n) is 14.5. The molecule has 1 aromatic rings. The lowest BCUT2D eigenvalue weighted by Gasteiger charge is -2.19. The topological polar surface area (TPSA) is 143 Å². The van der Waals surface area contributed by atoms with E-state index in [1.165, 1.54) is 6.42 Å². The molecule has 1 unspecified atom stereocenters. The first kappa shape index (κ1) is 21.2. The van der Waals surface area contributed by atoms with Gasteiger partial charge in [-0.25, -0.2) is 5.14 Å². The Hall–Kier alpha value is -1.84. The normalized spacial score (nSPS) is 16.2. The predicted octanol–water partition coefficient (Wildman–Crippen LogP) is 1.88. The van der Waals surface area contributed by atoms with Crippen molar-refractivity contribution in [1.82, 2.24) is 0 Å². The van der Waals surface area contributed by atoms with Crippen molar-refractivity contribution in [3.05, 3.63) is 35.9 Å². The van der Waals surface area contributed by atoms with E-state index in [4.69, 9.17) is 21.4 Å². The van der Waals surface area contributed by atoms with Crippen LogP contribution in [0.4, 0.5) is 0 Å². The van der Waals surface area contributed by atoms with Crippen LogP contribution in [0.25, 0.3) is 0 Å². The molecule has 1 saturated carbocycles. The number of guanidine groups is 1. The Morgan fingerprint density at radius 2 is 1.80 bits per heavy atom. The van der Waals surface area contributed by atoms with Gasteiger partial charge in [0.15, 0.2) is 6.10 Å². The van der Waals surface area contributed by atoms with Gasteiger partial charge in [0.25, 0.3) is 0 Å². The minimum atomic E-state index is -3.72. The Kier molecular flexibility index (Phi) is 9.25. The van der Waals surface area contributed by atoms with Gasteiger partial charge in [-0.3, -0.25) is 4.18 Å². The molecule has 0 amide bonds. The Morgan fingerprint density at radius 3 is 2.28 bits per heavy atom. The summed E-state index contributed by atoms with van der Waals surface area (Å²) in [5, 5.41) is 8.26. The van der Waals surface area contributed by atoms with Crippen molar-refractivity contribution < 1.29 is 17.4 Å². The van der Waals surface area contributed by atoms with Crippen molar-refractivity contribution in [2.24, 2.45) is 21.8 Å². The lowest BCUT2D eigenvalue weighted by atomic mass is 9.98. The summed E-state index contributed by atoms with van der Waals surface area (Å²) >= 11 is 0. The molecular weight excluding hydrogens is 344 g/mol. The van der Waals surface area contributed by atoms with E-state index >= 15 is 0 Å². The van der Waals surface area contributed by atoms with Crippen molar-refractivity contribution in [3.63, 3.8) is 0 Å². The van der Waals surface area contributed by atoms with Gasteiger partial charge in [0.05, 0.1) is 6.10 Å². The maximum absolute atomic E-state index is 10.5. The first-order chi connectivity index (χ1) is 11.8. The van der Waals surface area contributed by atoms with Crippen LogP contribution in [-0.2, 0) is 19.3 Å². The summed E-state index contributed by atoms with van der Waals surface area (Å²) in [6, 6.07) is 9.83. The highest BCUT2D eigenvalue weighted by atomic mass is 32.2. The van der Waals surface area contributed by atoms with Gasteiger partial charge in [-0.2, -0.15) is 8.42 Å². The summed E-state index contributed by atoms with van der Waals surface area (Å²) < 4.78 is 25.5. The molecule has 0 heterocycles. The number of oxime groups is 1. The van der Waals surface area contributed by atoms with Crippen molar-refractivity contribution >= 4 is 16.3 Å². The third-order valence-electron chi connectivity index (χ3n) is 3.65. The van der Waals surface area contributed by atoms with Crippen molar-refractivity contribution in [3.8, 4) is 0 Å². The van der Waals surface area contributed by atoms with Crippen LogP contribution in [0.5, 0.6) is 0 Å². The van der Waals surface area contributed by atoms with E-state index in [-0.39, 0.29) is 18.2 Å². The van der Waals surface area contributed by atoms with E-state index < -0.39 is 10.3 Å². The summed E-state index contributed by atoms with van der Waals surface area (Å²) in [4.78, 5) is 5.18. The van der Waals surface area contributed by atoms with E-state index in [1.807, 2.05) is 37.3 Å². The van der Waals surface area contributed by atoms with Crippen LogP contribution in [0.15, 0.2) is 35.5 Å². The quantitative estimate of drug-likeness (QED) is 0.395. The lowest BCUT2D eigenvalue weighted by molar-refractivity contribution is 0.0552. The van der Waals surface area contributed by atoms with Crippen LogP contribution in [0, 0.1) is 0 Å². The summed E-state index contributed by atoms with van der Waals surface area (Å²) in [5.41, 5.74) is 11.4. The van der Waals surface area contributed by atoms with Crippen LogP contribution in [0.3, 0.4) is 0 Å². The molecule has 0 aliphatic heterocycles. The van der Waals surface area contributed by atoms with Gasteiger partial charge in [-0.1, -0.05) is 56.5 Å².